The van der Waals surface area contributed by atoms with Crippen LogP contribution >= 0.6 is 0 Å². The Kier molecular flexibility index (Phi) is 5.12. The monoisotopic (exact) mass is 282 g/mol. The lowest BCUT2D eigenvalue weighted by Crippen LogP contribution is -2.39. The summed E-state index contributed by atoms with van der Waals surface area (Å²) in [6.45, 7) is 12.8. The molecule has 6 nitrogen and oxygen atoms in total. The van der Waals surface area contributed by atoms with E-state index in [-0.39, 0.29) is 11.6 Å². The summed E-state index contributed by atoms with van der Waals surface area (Å²) < 4.78 is 11.2. The summed E-state index contributed by atoms with van der Waals surface area (Å²) in [5.41, 5.74) is -0.308. The Labute approximate surface area is 120 Å². The van der Waals surface area contributed by atoms with Crippen LogP contribution in [0, 0.1) is 0 Å². The lowest BCUT2D eigenvalue weighted by atomic mass is 10.1. The molecule has 1 aromatic heterocycles. The van der Waals surface area contributed by atoms with Gasteiger partial charge in [0.1, 0.15) is 6.10 Å². The number of morpholine rings is 1. The zero-order valence-corrected chi connectivity index (χ0v) is 13.0. The molecular formula is C14H26N4O2. The van der Waals surface area contributed by atoms with E-state index in [2.05, 4.69) is 34.2 Å². The number of nitrogens with zero attached hydrogens (tertiary/aromatic N) is 3. The fourth-order valence-corrected chi connectivity index (χ4v) is 2.52. The van der Waals surface area contributed by atoms with Crippen molar-refractivity contribution >= 4 is 0 Å². The van der Waals surface area contributed by atoms with Crippen molar-refractivity contribution in [3.8, 4) is 0 Å². The molecule has 0 aromatic carbocycles. The number of hydrogen-bond donors (Lipinski definition) is 1. The van der Waals surface area contributed by atoms with E-state index in [9.17, 15) is 0 Å². The number of ether oxygens (including phenoxy) is 1. The lowest BCUT2D eigenvalue weighted by molar-refractivity contribution is -0.0350. The van der Waals surface area contributed by atoms with Crippen molar-refractivity contribution in [2.24, 2.45) is 0 Å². The molecule has 2 heterocycles. The van der Waals surface area contributed by atoms with Crippen LogP contribution in [0.5, 0.6) is 0 Å². The van der Waals surface area contributed by atoms with Crippen LogP contribution in [-0.4, -0.2) is 47.8 Å². The van der Waals surface area contributed by atoms with E-state index in [1.807, 2.05) is 13.8 Å². The first kappa shape index (κ1) is 15.4. The smallest absolute Gasteiger partial charge is 0.246 e. The van der Waals surface area contributed by atoms with E-state index in [4.69, 9.17) is 9.26 Å². The summed E-state index contributed by atoms with van der Waals surface area (Å²) in [6.07, 6.45) is 1.07. The first-order valence-corrected chi connectivity index (χ1v) is 7.50. The number of hydrogen-bond acceptors (Lipinski definition) is 6. The number of rotatable bonds is 6. The summed E-state index contributed by atoms with van der Waals surface area (Å²) in [7, 11) is 0. The van der Waals surface area contributed by atoms with Gasteiger partial charge in [0.05, 0.1) is 12.1 Å². The molecule has 114 valence electrons. The number of nitrogens with one attached hydrogen (secondary N) is 1. The van der Waals surface area contributed by atoms with E-state index >= 15 is 0 Å². The average molecular weight is 282 g/mol. The van der Waals surface area contributed by atoms with E-state index in [1.165, 1.54) is 0 Å². The second-order valence-electron chi connectivity index (χ2n) is 5.77. The SMILES string of the molecule is CCCN1CCOC(c2noc(C(C)(C)NCC)n2)C1. The lowest BCUT2D eigenvalue weighted by Gasteiger charge is -2.31. The molecule has 1 saturated heterocycles. The Hall–Kier alpha value is -0.980. The van der Waals surface area contributed by atoms with Gasteiger partial charge in [-0.05, 0) is 33.4 Å². The third kappa shape index (κ3) is 3.56. The summed E-state index contributed by atoms with van der Waals surface area (Å²) >= 11 is 0. The topological polar surface area (TPSA) is 63.4 Å². The van der Waals surface area contributed by atoms with Crippen molar-refractivity contribution in [3.05, 3.63) is 11.7 Å². The maximum Gasteiger partial charge on any atom is 0.246 e. The Morgan fingerprint density at radius 1 is 1.40 bits per heavy atom. The van der Waals surface area contributed by atoms with Gasteiger partial charge in [-0.1, -0.05) is 19.0 Å². The Morgan fingerprint density at radius 3 is 2.90 bits per heavy atom. The summed E-state index contributed by atoms with van der Waals surface area (Å²) in [5, 5.41) is 7.44. The van der Waals surface area contributed by atoms with Gasteiger partial charge in [-0.25, -0.2) is 0 Å². The third-order valence-electron chi connectivity index (χ3n) is 3.57. The van der Waals surface area contributed by atoms with Crippen molar-refractivity contribution in [1.82, 2.24) is 20.4 Å². The van der Waals surface area contributed by atoms with Crippen LogP contribution in [0.25, 0.3) is 0 Å². The van der Waals surface area contributed by atoms with E-state index in [0.29, 0.717) is 11.7 Å². The van der Waals surface area contributed by atoms with Crippen molar-refractivity contribution in [3.63, 3.8) is 0 Å². The first-order chi connectivity index (χ1) is 9.56. The third-order valence-corrected chi connectivity index (χ3v) is 3.57. The van der Waals surface area contributed by atoms with Crippen LogP contribution in [0.2, 0.25) is 0 Å². The van der Waals surface area contributed by atoms with Gasteiger partial charge in [-0.15, -0.1) is 0 Å². The highest BCUT2D eigenvalue weighted by Crippen LogP contribution is 2.23. The summed E-state index contributed by atoms with van der Waals surface area (Å²) in [4.78, 5) is 6.92. The van der Waals surface area contributed by atoms with Gasteiger partial charge in [0.15, 0.2) is 0 Å². The van der Waals surface area contributed by atoms with Gasteiger partial charge in [-0.3, -0.25) is 4.90 Å². The maximum atomic E-state index is 5.78. The standard InChI is InChI=1S/C14H26N4O2/c1-5-7-18-8-9-19-11(10-18)12-16-13(20-17-12)14(3,4)15-6-2/h11,15H,5-10H2,1-4H3. The molecule has 0 bridgehead atoms. The second kappa shape index (κ2) is 6.65. The van der Waals surface area contributed by atoms with Crippen molar-refractivity contribution in [2.75, 3.05) is 32.8 Å². The van der Waals surface area contributed by atoms with Crippen LogP contribution in [0.15, 0.2) is 4.52 Å². The molecule has 0 aliphatic carbocycles. The molecule has 1 N–H and O–H groups in total. The highest BCUT2D eigenvalue weighted by atomic mass is 16.5. The molecule has 0 saturated carbocycles. The molecule has 1 aliphatic heterocycles. The molecule has 1 unspecified atom stereocenters. The van der Waals surface area contributed by atoms with Crippen molar-refractivity contribution < 1.29 is 9.26 Å². The molecule has 2 rings (SSSR count). The van der Waals surface area contributed by atoms with E-state index in [1.54, 1.807) is 0 Å². The molecule has 0 amide bonds. The van der Waals surface area contributed by atoms with Gasteiger partial charge < -0.3 is 14.6 Å². The fraction of sp³-hybridized carbons (Fsp3) is 0.857. The molecule has 0 radical (unpaired) electrons. The molecule has 0 spiro atoms. The highest BCUT2D eigenvalue weighted by Gasteiger charge is 2.30. The molecule has 20 heavy (non-hydrogen) atoms. The van der Waals surface area contributed by atoms with Crippen LogP contribution in [-0.2, 0) is 10.3 Å². The van der Waals surface area contributed by atoms with E-state index in [0.717, 1.165) is 39.2 Å². The second-order valence-corrected chi connectivity index (χ2v) is 5.77. The fourth-order valence-electron chi connectivity index (χ4n) is 2.52. The minimum absolute atomic E-state index is 0.0785. The van der Waals surface area contributed by atoms with Crippen LogP contribution in [0.3, 0.4) is 0 Å². The molecule has 1 aromatic rings. The normalized spacial score (nSPS) is 21.3. The minimum Gasteiger partial charge on any atom is -0.367 e. The van der Waals surface area contributed by atoms with Gasteiger partial charge >= 0.3 is 0 Å². The largest absolute Gasteiger partial charge is 0.367 e. The van der Waals surface area contributed by atoms with Crippen molar-refractivity contribution in [2.45, 2.75) is 45.8 Å². The molecule has 1 fully saturated rings. The van der Waals surface area contributed by atoms with Gasteiger partial charge in [0.2, 0.25) is 11.7 Å². The zero-order valence-electron chi connectivity index (χ0n) is 13.0. The zero-order chi connectivity index (χ0) is 14.6. The Bertz CT molecular complexity index is 417. The quantitative estimate of drug-likeness (QED) is 0.857. The molecular weight excluding hydrogens is 256 g/mol. The predicted octanol–water partition coefficient (Wildman–Crippen LogP) is 1.70. The molecule has 1 atom stereocenters. The van der Waals surface area contributed by atoms with Crippen molar-refractivity contribution in [1.29, 1.82) is 0 Å². The first-order valence-electron chi connectivity index (χ1n) is 7.50. The summed E-state index contributed by atoms with van der Waals surface area (Å²) in [5.74, 6) is 1.28. The predicted molar refractivity (Wildman–Crippen MR) is 76.4 cm³/mol. The summed E-state index contributed by atoms with van der Waals surface area (Å²) in [6, 6.07) is 0. The number of aromatic nitrogens is 2. The van der Waals surface area contributed by atoms with Crippen LogP contribution in [0.4, 0.5) is 0 Å². The average Bonchev–Trinajstić information content (AvgIpc) is 2.90. The van der Waals surface area contributed by atoms with Crippen LogP contribution < -0.4 is 5.32 Å². The minimum atomic E-state index is -0.308. The molecule has 6 heteroatoms. The molecule has 1 aliphatic rings. The van der Waals surface area contributed by atoms with Gasteiger partial charge in [0, 0.05) is 13.1 Å². The Morgan fingerprint density at radius 2 is 2.20 bits per heavy atom. The van der Waals surface area contributed by atoms with Gasteiger partial charge in [0.25, 0.3) is 0 Å². The maximum absolute atomic E-state index is 5.78. The highest BCUT2D eigenvalue weighted by molar-refractivity contribution is 5.02. The Balaban J connectivity index is 2.04. The van der Waals surface area contributed by atoms with Gasteiger partial charge in [-0.2, -0.15) is 4.98 Å². The van der Waals surface area contributed by atoms with E-state index < -0.39 is 0 Å². The van der Waals surface area contributed by atoms with Crippen LogP contribution in [0.1, 0.15) is 51.9 Å².